The minimum atomic E-state index is -0.0535. The molecule has 1 N–H and O–H groups in total. The number of nitrogens with zero attached hydrogens (tertiary/aromatic N) is 3. The number of hydrogen-bond donors (Lipinski definition) is 1. The molecule has 0 saturated heterocycles. The van der Waals surface area contributed by atoms with Crippen LogP contribution < -0.4 is 10.2 Å². The van der Waals surface area contributed by atoms with Crippen LogP contribution in [0.25, 0.3) is 0 Å². The summed E-state index contributed by atoms with van der Waals surface area (Å²) in [6, 6.07) is 1.75. The van der Waals surface area contributed by atoms with Crippen molar-refractivity contribution in [3.05, 3.63) is 17.0 Å². The third kappa shape index (κ3) is 2.95. The fourth-order valence-electron chi connectivity index (χ4n) is 0.908. The number of anilines is 1. The topological polar surface area (TPSA) is 58.1 Å². The van der Waals surface area contributed by atoms with Crippen molar-refractivity contribution in [2.45, 2.75) is 0 Å². The Morgan fingerprint density at radius 2 is 2.36 bits per heavy atom. The maximum Gasteiger partial charge on any atom is 0.239 e. The molecule has 0 radical (unpaired) electrons. The van der Waals surface area contributed by atoms with Crippen molar-refractivity contribution in [3.8, 4) is 0 Å². The molecule has 0 aliphatic rings. The number of rotatable bonds is 3. The standard InChI is InChI=1S/C8H11BrN4O/c1-10-8(14)4-13(2)7-3-6(9)11-5-12-7/h3,5H,4H2,1-2H3,(H,10,14). The zero-order chi connectivity index (χ0) is 10.6. The van der Waals surface area contributed by atoms with E-state index in [4.69, 9.17) is 0 Å². The molecule has 0 saturated carbocycles. The highest BCUT2D eigenvalue weighted by atomic mass is 79.9. The summed E-state index contributed by atoms with van der Waals surface area (Å²) in [6.07, 6.45) is 1.44. The van der Waals surface area contributed by atoms with E-state index in [1.165, 1.54) is 6.33 Å². The van der Waals surface area contributed by atoms with Gasteiger partial charge < -0.3 is 10.2 Å². The van der Waals surface area contributed by atoms with Gasteiger partial charge in [0.2, 0.25) is 5.91 Å². The van der Waals surface area contributed by atoms with Gasteiger partial charge in [-0.25, -0.2) is 9.97 Å². The first kappa shape index (κ1) is 10.9. The minimum Gasteiger partial charge on any atom is -0.358 e. The summed E-state index contributed by atoms with van der Waals surface area (Å²) in [6.45, 7) is 0.278. The van der Waals surface area contributed by atoms with Gasteiger partial charge in [-0.2, -0.15) is 0 Å². The molecule has 0 unspecified atom stereocenters. The molecule has 1 aromatic rings. The summed E-state index contributed by atoms with van der Waals surface area (Å²) < 4.78 is 0.700. The Morgan fingerprint density at radius 3 is 2.93 bits per heavy atom. The van der Waals surface area contributed by atoms with Crippen molar-refractivity contribution in [1.82, 2.24) is 15.3 Å². The predicted octanol–water partition coefficient (Wildman–Crippen LogP) is 0.421. The Hall–Kier alpha value is -1.17. The van der Waals surface area contributed by atoms with Crippen LogP contribution in [0.1, 0.15) is 0 Å². The maximum absolute atomic E-state index is 11.1. The molecule has 76 valence electrons. The fourth-order valence-corrected chi connectivity index (χ4v) is 1.20. The number of carbonyl (C=O) groups excluding carboxylic acids is 1. The highest BCUT2D eigenvalue weighted by Crippen LogP contribution is 2.12. The van der Waals surface area contributed by atoms with Crippen LogP contribution in [0.2, 0.25) is 0 Å². The van der Waals surface area contributed by atoms with Gasteiger partial charge in [0.1, 0.15) is 16.7 Å². The number of aromatic nitrogens is 2. The van der Waals surface area contributed by atoms with Gasteiger partial charge in [0.15, 0.2) is 0 Å². The SMILES string of the molecule is CNC(=O)CN(C)c1cc(Br)ncn1. The third-order valence-electron chi connectivity index (χ3n) is 1.67. The Balaban J connectivity index is 2.69. The second-order valence-electron chi connectivity index (χ2n) is 2.73. The third-order valence-corrected chi connectivity index (χ3v) is 2.10. The number of amides is 1. The van der Waals surface area contributed by atoms with Gasteiger partial charge in [0.25, 0.3) is 0 Å². The molecule has 0 fully saturated rings. The van der Waals surface area contributed by atoms with Crippen LogP contribution in [0.5, 0.6) is 0 Å². The first-order valence-electron chi connectivity index (χ1n) is 4.02. The lowest BCUT2D eigenvalue weighted by Gasteiger charge is -2.16. The number of likely N-dealkylation sites (N-methyl/N-ethyl adjacent to an activating group) is 2. The molecule has 14 heavy (non-hydrogen) atoms. The smallest absolute Gasteiger partial charge is 0.239 e. The van der Waals surface area contributed by atoms with Gasteiger partial charge in [-0.1, -0.05) is 0 Å². The monoisotopic (exact) mass is 258 g/mol. The molecular weight excluding hydrogens is 248 g/mol. The average Bonchev–Trinajstić information content (AvgIpc) is 2.17. The van der Waals surface area contributed by atoms with Gasteiger partial charge in [-0.05, 0) is 15.9 Å². The molecular formula is C8H11BrN4O. The van der Waals surface area contributed by atoms with E-state index in [1.54, 1.807) is 25.1 Å². The Kier molecular flexibility index (Phi) is 3.82. The van der Waals surface area contributed by atoms with Crippen LogP contribution in [-0.2, 0) is 4.79 Å². The normalized spacial score (nSPS) is 9.64. The first-order chi connectivity index (χ1) is 6.63. The Morgan fingerprint density at radius 1 is 1.64 bits per heavy atom. The second kappa shape index (κ2) is 4.90. The average molecular weight is 259 g/mol. The predicted molar refractivity (Wildman–Crippen MR) is 57.1 cm³/mol. The van der Waals surface area contributed by atoms with Gasteiger partial charge >= 0.3 is 0 Å². The van der Waals surface area contributed by atoms with Crippen LogP contribution in [0.15, 0.2) is 17.0 Å². The number of carbonyl (C=O) groups is 1. The van der Waals surface area contributed by atoms with Crippen LogP contribution in [0.4, 0.5) is 5.82 Å². The summed E-state index contributed by atoms with van der Waals surface area (Å²) in [5, 5.41) is 2.54. The van der Waals surface area contributed by atoms with E-state index < -0.39 is 0 Å². The maximum atomic E-state index is 11.1. The minimum absolute atomic E-state index is 0.0535. The summed E-state index contributed by atoms with van der Waals surface area (Å²) >= 11 is 3.24. The van der Waals surface area contributed by atoms with E-state index in [0.29, 0.717) is 10.4 Å². The van der Waals surface area contributed by atoms with E-state index in [9.17, 15) is 4.79 Å². The molecule has 1 aromatic heterocycles. The van der Waals surface area contributed by atoms with Crippen molar-refractivity contribution in [1.29, 1.82) is 0 Å². The van der Waals surface area contributed by atoms with E-state index in [-0.39, 0.29) is 12.5 Å². The molecule has 5 nitrogen and oxygen atoms in total. The highest BCUT2D eigenvalue weighted by Gasteiger charge is 2.06. The highest BCUT2D eigenvalue weighted by molar-refractivity contribution is 9.10. The fraction of sp³-hybridized carbons (Fsp3) is 0.375. The number of nitrogens with one attached hydrogen (secondary N) is 1. The molecule has 0 atom stereocenters. The largest absolute Gasteiger partial charge is 0.358 e. The summed E-state index contributed by atoms with van der Waals surface area (Å²) in [5.41, 5.74) is 0. The van der Waals surface area contributed by atoms with Crippen molar-refractivity contribution in [2.75, 3.05) is 25.5 Å². The quantitative estimate of drug-likeness (QED) is 0.799. The van der Waals surface area contributed by atoms with E-state index in [0.717, 1.165) is 0 Å². The van der Waals surface area contributed by atoms with Gasteiger partial charge in [0.05, 0.1) is 6.54 Å². The van der Waals surface area contributed by atoms with Gasteiger partial charge in [-0.15, -0.1) is 0 Å². The van der Waals surface area contributed by atoms with E-state index >= 15 is 0 Å². The molecule has 1 amide bonds. The molecule has 0 aliphatic heterocycles. The molecule has 0 aromatic carbocycles. The van der Waals surface area contributed by atoms with Crippen LogP contribution in [0.3, 0.4) is 0 Å². The van der Waals surface area contributed by atoms with Crippen molar-refractivity contribution >= 4 is 27.7 Å². The Labute approximate surface area is 90.7 Å². The van der Waals surface area contributed by atoms with Crippen LogP contribution in [-0.4, -0.2) is 36.5 Å². The molecule has 0 bridgehead atoms. The zero-order valence-corrected chi connectivity index (χ0v) is 9.58. The summed E-state index contributed by atoms with van der Waals surface area (Å²) in [4.78, 5) is 20.7. The van der Waals surface area contributed by atoms with Crippen molar-refractivity contribution < 1.29 is 4.79 Å². The number of halogens is 1. The number of hydrogen-bond acceptors (Lipinski definition) is 4. The van der Waals surface area contributed by atoms with Gasteiger partial charge in [-0.3, -0.25) is 4.79 Å². The molecule has 1 rings (SSSR count). The first-order valence-corrected chi connectivity index (χ1v) is 4.82. The van der Waals surface area contributed by atoms with Crippen molar-refractivity contribution in [2.24, 2.45) is 0 Å². The summed E-state index contributed by atoms with van der Waals surface area (Å²) in [7, 11) is 3.40. The molecule has 1 heterocycles. The van der Waals surface area contributed by atoms with E-state index in [2.05, 4.69) is 31.2 Å². The second-order valence-corrected chi connectivity index (χ2v) is 3.54. The molecule has 6 heteroatoms. The van der Waals surface area contributed by atoms with Crippen LogP contribution >= 0.6 is 15.9 Å². The lowest BCUT2D eigenvalue weighted by Crippen LogP contribution is -2.33. The van der Waals surface area contributed by atoms with Gasteiger partial charge in [0, 0.05) is 20.2 Å². The van der Waals surface area contributed by atoms with Crippen LogP contribution in [0, 0.1) is 0 Å². The lowest BCUT2D eigenvalue weighted by atomic mass is 10.4. The molecule has 0 spiro atoms. The van der Waals surface area contributed by atoms with Crippen molar-refractivity contribution in [3.63, 3.8) is 0 Å². The lowest BCUT2D eigenvalue weighted by molar-refractivity contribution is -0.119. The zero-order valence-electron chi connectivity index (χ0n) is 7.99. The molecule has 0 aliphatic carbocycles. The Bertz CT molecular complexity index is 331. The summed E-state index contributed by atoms with van der Waals surface area (Å²) in [5.74, 6) is 0.651. The van der Waals surface area contributed by atoms with E-state index in [1.807, 2.05) is 0 Å².